The second-order valence-corrected chi connectivity index (χ2v) is 9.03. The van der Waals surface area contributed by atoms with Gasteiger partial charge in [0.15, 0.2) is 5.65 Å². The van der Waals surface area contributed by atoms with E-state index in [1.165, 1.54) is 5.56 Å². The van der Waals surface area contributed by atoms with Gasteiger partial charge in [-0.2, -0.15) is 0 Å². The number of rotatable bonds is 5. The fourth-order valence-electron chi connectivity index (χ4n) is 4.03. The molecule has 0 radical (unpaired) electrons. The van der Waals surface area contributed by atoms with Gasteiger partial charge in [0.25, 0.3) is 0 Å². The number of pyridine rings is 2. The van der Waals surface area contributed by atoms with E-state index in [2.05, 4.69) is 46.1 Å². The standard InChI is InChI=1S/C22H28N4OS/c1-14-10-18(11-15(2)23-14)13-27-19-6-5-9-26(12-19)16(3)20-7-8-21-22(25-20)24-17(4)28-21/h7-8,10-11,16,19H,5-6,9,12-13H2,1-4H3/t16-,19-/m1/s1. The van der Waals surface area contributed by atoms with Crippen molar-refractivity contribution in [3.05, 3.63) is 51.9 Å². The molecule has 148 valence electrons. The van der Waals surface area contributed by atoms with Crippen LogP contribution in [0.2, 0.25) is 0 Å². The predicted octanol–water partition coefficient (Wildman–Crippen LogP) is 4.75. The van der Waals surface area contributed by atoms with Crippen LogP contribution in [-0.2, 0) is 11.3 Å². The molecule has 1 aliphatic rings. The van der Waals surface area contributed by atoms with Crippen molar-refractivity contribution in [1.82, 2.24) is 19.9 Å². The van der Waals surface area contributed by atoms with Crippen LogP contribution in [0.15, 0.2) is 24.3 Å². The van der Waals surface area contributed by atoms with E-state index in [4.69, 9.17) is 9.72 Å². The summed E-state index contributed by atoms with van der Waals surface area (Å²) in [5, 5.41) is 1.07. The van der Waals surface area contributed by atoms with Gasteiger partial charge in [0.05, 0.1) is 28.1 Å². The van der Waals surface area contributed by atoms with Crippen LogP contribution in [-0.4, -0.2) is 39.0 Å². The SMILES string of the molecule is Cc1cc(CO[C@@H]2CCCN([C@H](C)c3ccc4sc(C)nc4n3)C2)cc(C)n1. The Balaban J connectivity index is 1.40. The third-order valence-electron chi connectivity index (χ3n) is 5.39. The van der Waals surface area contributed by atoms with Gasteiger partial charge < -0.3 is 4.74 Å². The lowest BCUT2D eigenvalue weighted by molar-refractivity contribution is -0.0202. The van der Waals surface area contributed by atoms with E-state index in [9.17, 15) is 0 Å². The first-order valence-corrected chi connectivity index (χ1v) is 10.8. The van der Waals surface area contributed by atoms with Crippen LogP contribution in [0.1, 0.15) is 53.5 Å². The van der Waals surface area contributed by atoms with Crippen molar-refractivity contribution in [2.75, 3.05) is 13.1 Å². The van der Waals surface area contributed by atoms with Crippen LogP contribution >= 0.6 is 11.3 Å². The van der Waals surface area contributed by atoms with Gasteiger partial charge in [-0.1, -0.05) is 0 Å². The van der Waals surface area contributed by atoms with E-state index in [0.717, 1.165) is 58.4 Å². The quantitative estimate of drug-likeness (QED) is 0.623. The third-order valence-corrected chi connectivity index (χ3v) is 6.32. The lowest BCUT2D eigenvalue weighted by Gasteiger charge is -2.36. The molecule has 0 N–H and O–H groups in total. The maximum atomic E-state index is 6.27. The summed E-state index contributed by atoms with van der Waals surface area (Å²) in [5.74, 6) is 0. The van der Waals surface area contributed by atoms with Crippen LogP contribution < -0.4 is 0 Å². The highest BCUT2D eigenvalue weighted by Gasteiger charge is 2.26. The number of hydrogen-bond acceptors (Lipinski definition) is 6. The average Bonchev–Trinajstić information content (AvgIpc) is 3.04. The number of aryl methyl sites for hydroxylation is 3. The molecule has 5 nitrogen and oxygen atoms in total. The number of hydrogen-bond donors (Lipinski definition) is 0. The normalized spacial score (nSPS) is 19.2. The number of fused-ring (bicyclic) bond motifs is 1. The minimum Gasteiger partial charge on any atom is -0.372 e. The molecule has 0 aromatic carbocycles. The first-order valence-electron chi connectivity index (χ1n) is 10.0. The van der Waals surface area contributed by atoms with Crippen LogP contribution in [0, 0.1) is 20.8 Å². The third kappa shape index (κ3) is 4.40. The first kappa shape index (κ1) is 19.4. The smallest absolute Gasteiger partial charge is 0.170 e. The summed E-state index contributed by atoms with van der Waals surface area (Å²) in [7, 11) is 0. The van der Waals surface area contributed by atoms with Crippen molar-refractivity contribution in [3.8, 4) is 0 Å². The van der Waals surface area contributed by atoms with Crippen molar-refractivity contribution < 1.29 is 4.74 Å². The van der Waals surface area contributed by atoms with Crippen molar-refractivity contribution in [1.29, 1.82) is 0 Å². The molecule has 1 fully saturated rings. The average molecular weight is 397 g/mol. The zero-order chi connectivity index (χ0) is 19.7. The van der Waals surface area contributed by atoms with Crippen molar-refractivity contribution in [3.63, 3.8) is 0 Å². The highest BCUT2D eigenvalue weighted by atomic mass is 32.1. The van der Waals surface area contributed by atoms with Crippen LogP contribution in [0.3, 0.4) is 0 Å². The predicted molar refractivity (Wildman–Crippen MR) is 114 cm³/mol. The fourth-order valence-corrected chi connectivity index (χ4v) is 4.80. The minimum atomic E-state index is 0.259. The summed E-state index contributed by atoms with van der Waals surface area (Å²) in [6.45, 7) is 11.0. The molecule has 6 heteroatoms. The zero-order valence-corrected chi connectivity index (χ0v) is 17.9. The molecule has 0 amide bonds. The van der Waals surface area contributed by atoms with Gasteiger partial charge >= 0.3 is 0 Å². The molecule has 28 heavy (non-hydrogen) atoms. The molecule has 0 aliphatic carbocycles. The highest BCUT2D eigenvalue weighted by Crippen LogP contribution is 2.27. The summed E-state index contributed by atoms with van der Waals surface area (Å²) >= 11 is 1.70. The van der Waals surface area contributed by atoms with E-state index in [1.807, 2.05) is 20.8 Å². The second kappa shape index (κ2) is 8.23. The number of thiazole rings is 1. The molecule has 3 aromatic heterocycles. The minimum absolute atomic E-state index is 0.259. The van der Waals surface area contributed by atoms with Gasteiger partial charge in [0.2, 0.25) is 0 Å². The molecule has 0 spiro atoms. The van der Waals surface area contributed by atoms with E-state index in [-0.39, 0.29) is 12.1 Å². The van der Waals surface area contributed by atoms with Gasteiger partial charge in [-0.3, -0.25) is 9.88 Å². The number of aromatic nitrogens is 3. The van der Waals surface area contributed by atoms with Gasteiger partial charge in [0.1, 0.15) is 0 Å². The molecule has 4 heterocycles. The summed E-state index contributed by atoms with van der Waals surface area (Å²) < 4.78 is 7.43. The van der Waals surface area contributed by atoms with Gasteiger partial charge in [-0.25, -0.2) is 9.97 Å². The Kier molecular flexibility index (Phi) is 5.71. The number of likely N-dealkylation sites (tertiary alicyclic amines) is 1. The van der Waals surface area contributed by atoms with Crippen LogP contribution in [0.4, 0.5) is 0 Å². The molecule has 1 saturated heterocycles. The molecule has 1 aliphatic heterocycles. The number of nitrogens with zero attached hydrogens (tertiary/aromatic N) is 4. The second-order valence-electron chi connectivity index (χ2n) is 7.80. The molecule has 0 bridgehead atoms. The van der Waals surface area contributed by atoms with Crippen LogP contribution in [0.25, 0.3) is 10.3 Å². The van der Waals surface area contributed by atoms with E-state index in [1.54, 1.807) is 11.3 Å². The van der Waals surface area contributed by atoms with E-state index < -0.39 is 0 Å². The fraction of sp³-hybridized carbons (Fsp3) is 0.500. The molecule has 0 unspecified atom stereocenters. The Labute approximate surface area is 170 Å². The molecule has 2 atom stereocenters. The van der Waals surface area contributed by atoms with E-state index >= 15 is 0 Å². The van der Waals surface area contributed by atoms with Gasteiger partial charge in [0, 0.05) is 24.0 Å². The molecular formula is C22H28N4OS. The Morgan fingerprint density at radius 3 is 2.71 bits per heavy atom. The van der Waals surface area contributed by atoms with Gasteiger partial charge in [-0.15, -0.1) is 11.3 Å². The monoisotopic (exact) mass is 396 g/mol. The highest BCUT2D eigenvalue weighted by molar-refractivity contribution is 7.18. The van der Waals surface area contributed by atoms with E-state index in [0.29, 0.717) is 6.61 Å². The number of piperidine rings is 1. The Hall–Kier alpha value is -1.89. The Morgan fingerprint density at radius 2 is 1.93 bits per heavy atom. The van der Waals surface area contributed by atoms with Crippen molar-refractivity contribution in [2.24, 2.45) is 0 Å². The first-order chi connectivity index (χ1) is 13.5. The Bertz CT molecular complexity index is 950. The summed E-state index contributed by atoms with van der Waals surface area (Å²) in [6, 6.07) is 8.81. The summed E-state index contributed by atoms with van der Waals surface area (Å²) in [5.41, 5.74) is 5.28. The van der Waals surface area contributed by atoms with Gasteiger partial charge in [-0.05, 0) is 76.9 Å². The maximum absolute atomic E-state index is 6.27. The van der Waals surface area contributed by atoms with Crippen molar-refractivity contribution >= 4 is 21.7 Å². The van der Waals surface area contributed by atoms with Crippen molar-refractivity contribution in [2.45, 2.75) is 59.3 Å². The Morgan fingerprint density at radius 1 is 1.14 bits per heavy atom. The summed E-state index contributed by atoms with van der Waals surface area (Å²) in [6.07, 6.45) is 2.53. The zero-order valence-electron chi connectivity index (χ0n) is 17.1. The van der Waals surface area contributed by atoms with Crippen LogP contribution in [0.5, 0.6) is 0 Å². The molecule has 3 aromatic rings. The molecular weight excluding hydrogens is 368 g/mol. The lowest BCUT2D eigenvalue weighted by Crippen LogP contribution is -2.41. The maximum Gasteiger partial charge on any atom is 0.170 e. The topological polar surface area (TPSA) is 51.1 Å². The molecule has 4 rings (SSSR count). The lowest BCUT2D eigenvalue weighted by atomic mass is 10.0. The molecule has 0 saturated carbocycles. The largest absolute Gasteiger partial charge is 0.372 e. The number of ether oxygens (including phenoxy) is 1. The summed E-state index contributed by atoms with van der Waals surface area (Å²) in [4.78, 5) is 16.3.